The smallest absolute Gasteiger partial charge is 0.264 e. The van der Waals surface area contributed by atoms with Crippen LogP contribution in [0.3, 0.4) is 0 Å². The van der Waals surface area contributed by atoms with Crippen molar-refractivity contribution in [1.29, 1.82) is 0 Å². The summed E-state index contributed by atoms with van der Waals surface area (Å²) in [6.07, 6.45) is 2.28. The molecule has 2 aliphatic rings. The summed E-state index contributed by atoms with van der Waals surface area (Å²) in [7, 11) is 0. The third-order valence-corrected chi connectivity index (χ3v) is 4.93. The molecule has 0 saturated heterocycles. The Bertz CT molecular complexity index is 825. The van der Waals surface area contributed by atoms with Crippen LogP contribution in [0, 0.1) is 0 Å². The number of carbonyl (C=O) groups excluding carboxylic acids is 1. The highest BCUT2D eigenvalue weighted by Gasteiger charge is 2.30. The summed E-state index contributed by atoms with van der Waals surface area (Å²) in [5, 5.41) is 13.1. The first kappa shape index (κ1) is 13.4. The average molecular weight is 315 g/mol. The van der Waals surface area contributed by atoms with E-state index in [1.807, 2.05) is 0 Å². The molecular formula is C15H13N3O3S. The largest absolute Gasteiger partial charge is 0.508 e. The molecular weight excluding hydrogens is 302 g/mol. The molecule has 0 bridgehead atoms. The van der Waals surface area contributed by atoms with Crippen molar-refractivity contribution in [1.82, 2.24) is 9.55 Å². The number of benzene rings is 1. The minimum Gasteiger partial charge on any atom is -0.508 e. The number of hydrogen-bond acceptors (Lipinski definition) is 5. The van der Waals surface area contributed by atoms with Gasteiger partial charge in [0.15, 0.2) is 5.16 Å². The highest BCUT2D eigenvalue weighted by Crippen LogP contribution is 2.39. The van der Waals surface area contributed by atoms with Crippen LogP contribution in [0.15, 0.2) is 34.2 Å². The Balaban J connectivity index is 1.90. The lowest BCUT2D eigenvalue weighted by Crippen LogP contribution is -2.24. The molecule has 0 atom stereocenters. The first-order valence-electron chi connectivity index (χ1n) is 7.03. The summed E-state index contributed by atoms with van der Waals surface area (Å²) in [5.74, 6) is 0.317. The summed E-state index contributed by atoms with van der Waals surface area (Å²) >= 11 is 1.55. The normalized spacial score (nSPS) is 16.5. The number of hydrogen-bond donors (Lipinski definition) is 2. The van der Waals surface area contributed by atoms with Crippen LogP contribution in [-0.4, -0.2) is 25.8 Å². The van der Waals surface area contributed by atoms with E-state index in [2.05, 4.69) is 10.3 Å². The number of phenols is 1. The molecule has 6 nitrogen and oxygen atoms in total. The Morgan fingerprint density at radius 2 is 1.95 bits per heavy atom. The van der Waals surface area contributed by atoms with Crippen LogP contribution < -0.4 is 10.9 Å². The Morgan fingerprint density at radius 3 is 2.64 bits per heavy atom. The Labute approximate surface area is 130 Å². The van der Waals surface area contributed by atoms with E-state index < -0.39 is 0 Å². The monoisotopic (exact) mass is 315 g/mol. The average Bonchev–Trinajstić information content (AvgIpc) is 3.21. The zero-order chi connectivity index (χ0) is 15.3. The van der Waals surface area contributed by atoms with Gasteiger partial charge in [-0.3, -0.25) is 14.2 Å². The molecule has 7 heteroatoms. The molecule has 1 fully saturated rings. The number of rotatable bonds is 3. The zero-order valence-corrected chi connectivity index (χ0v) is 12.4. The standard InChI is InChI=1S/C15H13N3O3S/c19-9-3-1-8(2-4-9)18-14(21)11-7-12(20)16-13(11)17-15(18)22-10-5-6-10/h1-4,10,19H,5-7H2,(H,16,20). The Morgan fingerprint density at radius 1 is 1.23 bits per heavy atom. The number of thioether (sulfide) groups is 1. The molecule has 2 aromatic rings. The number of nitrogens with zero attached hydrogens (tertiary/aromatic N) is 2. The Kier molecular flexibility index (Phi) is 2.97. The number of aromatic hydroxyl groups is 1. The van der Waals surface area contributed by atoms with Crippen molar-refractivity contribution >= 4 is 23.5 Å². The van der Waals surface area contributed by atoms with E-state index in [4.69, 9.17) is 0 Å². The number of fused-ring (bicyclic) bond motifs is 1. The van der Waals surface area contributed by atoms with Gasteiger partial charge in [0.05, 0.1) is 17.7 Å². The molecule has 1 aliphatic heterocycles. The molecule has 112 valence electrons. The molecule has 2 heterocycles. The van der Waals surface area contributed by atoms with Gasteiger partial charge in [0.2, 0.25) is 5.91 Å². The van der Waals surface area contributed by atoms with Gasteiger partial charge in [-0.05, 0) is 37.1 Å². The van der Waals surface area contributed by atoms with Gasteiger partial charge in [-0.15, -0.1) is 0 Å². The van der Waals surface area contributed by atoms with E-state index in [1.165, 1.54) is 16.7 Å². The van der Waals surface area contributed by atoms with Crippen molar-refractivity contribution in [3.63, 3.8) is 0 Å². The molecule has 22 heavy (non-hydrogen) atoms. The van der Waals surface area contributed by atoms with Gasteiger partial charge in [0.25, 0.3) is 5.56 Å². The van der Waals surface area contributed by atoms with Gasteiger partial charge >= 0.3 is 0 Å². The van der Waals surface area contributed by atoms with Gasteiger partial charge in [-0.1, -0.05) is 11.8 Å². The molecule has 0 spiro atoms. The Hall–Kier alpha value is -2.28. The van der Waals surface area contributed by atoms with E-state index in [0.29, 0.717) is 27.5 Å². The first-order valence-corrected chi connectivity index (χ1v) is 7.91. The fraction of sp³-hybridized carbons (Fsp3) is 0.267. The SMILES string of the molecule is O=C1Cc2c(nc(SC3CC3)n(-c3ccc(O)cc3)c2=O)N1. The lowest BCUT2D eigenvalue weighted by molar-refractivity contribution is -0.115. The minimum absolute atomic E-state index is 0.0631. The molecule has 1 amide bonds. The lowest BCUT2D eigenvalue weighted by Gasteiger charge is -2.13. The maximum atomic E-state index is 12.8. The number of carbonyl (C=O) groups is 1. The van der Waals surface area contributed by atoms with Crippen LogP contribution >= 0.6 is 11.8 Å². The van der Waals surface area contributed by atoms with Crippen LogP contribution in [0.4, 0.5) is 5.82 Å². The van der Waals surface area contributed by atoms with Crippen molar-refractivity contribution in [2.24, 2.45) is 0 Å². The summed E-state index contributed by atoms with van der Waals surface area (Å²) in [4.78, 5) is 28.8. The quantitative estimate of drug-likeness (QED) is 0.842. The molecule has 1 aromatic carbocycles. The molecule has 2 N–H and O–H groups in total. The number of phenolic OH excluding ortho intramolecular Hbond substituents is 1. The minimum atomic E-state index is -0.225. The highest BCUT2D eigenvalue weighted by molar-refractivity contribution is 8.00. The summed E-state index contributed by atoms with van der Waals surface area (Å²) in [6, 6.07) is 6.41. The number of amides is 1. The van der Waals surface area contributed by atoms with Gasteiger partial charge in [-0.2, -0.15) is 0 Å². The predicted molar refractivity (Wildman–Crippen MR) is 82.7 cm³/mol. The van der Waals surface area contributed by atoms with Gasteiger partial charge in [-0.25, -0.2) is 4.98 Å². The molecule has 1 aliphatic carbocycles. The van der Waals surface area contributed by atoms with E-state index in [-0.39, 0.29) is 23.6 Å². The molecule has 1 saturated carbocycles. The van der Waals surface area contributed by atoms with Crippen LogP contribution in [0.2, 0.25) is 0 Å². The van der Waals surface area contributed by atoms with Crippen LogP contribution in [0.5, 0.6) is 5.75 Å². The zero-order valence-electron chi connectivity index (χ0n) is 11.6. The fourth-order valence-electron chi connectivity index (χ4n) is 2.38. The second-order valence-electron chi connectivity index (χ2n) is 5.42. The van der Waals surface area contributed by atoms with Crippen molar-refractivity contribution in [3.05, 3.63) is 40.2 Å². The van der Waals surface area contributed by atoms with E-state index in [1.54, 1.807) is 23.9 Å². The van der Waals surface area contributed by atoms with E-state index >= 15 is 0 Å². The summed E-state index contributed by atoms with van der Waals surface area (Å²) in [5.41, 5.74) is 0.816. The van der Waals surface area contributed by atoms with Crippen molar-refractivity contribution < 1.29 is 9.90 Å². The second kappa shape index (κ2) is 4.88. The molecule has 0 unspecified atom stereocenters. The van der Waals surface area contributed by atoms with Crippen LogP contribution in [-0.2, 0) is 11.2 Å². The third-order valence-electron chi connectivity index (χ3n) is 3.65. The van der Waals surface area contributed by atoms with Gasteiger partial charge in [0, 0.05) is 5.25 Å². The fourth-order valence-corrected chi connectivity index (χ4v) is 3.49. The predicted octanol–water partition coefficient (Wildman–Crippen LogP) is 1.69. The van der Waals surface area contributed by atoms with Crippen LogP contribution in [0.1, 0.15) is 18.4 Å². The summed E-state index contributed by atoms with van der Waals surface area (Å²) < 4.78 is 1.53. The third kappa shape index (κ3) is 2.27. The first-order chi connectivity index (χ1) is 10.6. The van der Waals surface area contributed by atoms with Crippen LogP contribution in [0.25, 0.3) is 5.69 Å². The van der Waals surface area contributed by atoms with Gasteiger partial charge in [0.1, 0.15) is 11.6 Å². The topological polar surface area (TPSA) is 84.2 Å². The maximum absolute atomic E-state index is 12.8. The highest BCUT2D eigenvalue weighted by atomic mass is 32.2. The molecule has 0 radical (unpaired) electrons. The van der Waals surface area contributed by atoms with Crippen molar-refractivity contribution in [2.45, 2.75) is 29.7 Å². The number of aromatic nitrogens is 2. The van der Waals surface area contributed by atoms with Gasteiger partial charge < -0.3 is 10.4 Å². The van der Waals surface area contributed by atoms with Crippen molar-refractivity contribution in [2.75, 3.05) is 5.32 Å². The lowest BCUT2D eigenvalue weighted by atomic mass is 10.2. The maximum Gasteiger partial charge on any atom is 0.264 e. The summed E-state index contributed by atoms with van der Waals surface area (Å²) in [6.45, 7) is 0. The number of nitrogens with one attached hydrogen (secondary N) is 1. The number of anilines is 1. The van der Waals surface area contributed by atoms with Crippen molar-refractivity contribution in [3.8, 4) is 11.4 Å². The molecule has 1 aromatic heterocycles. The second-order valence-corrected chi connectivity index (χ2v) is 6.69. The van der Waals surface area contributed by atoms with E-state index in [0.717, 1.165) is 12.8 Å². The molecule has 4 rings (SSSR count). The van der Waals surface area contributed by atoms with E-state index in [9.17, 15) is 14.7 Å².